The van der Waals surface area contributed by atoms with Gasteiger partial charge >= 0.3 is 0 Å². The number of aromatic nitrogens is 4. The van der Waals surface area contributed by atoms with Crippen molar-refractivity contribution in [2.24, 2.45) is 5.41 Å². The first-order chi connectivity index (χ1) is 14.7. The Labute approximate surface area is 175 Å². The van der Waals surface area contributed by atoms with Gasteiger partial charge in [-0.15, -0.1) is 5.10 Å². The molecule has 30 heavy (non-hydrogen) atoms. The minimum absolute atomic E-state index is 0.0490. The maximum absolute atomic E-state index is 12.7. The Morgan fingerprint density at radius 3 is 2.47 bits per heavy atom. The highest BCUT2D eigenvalue weighted by Crippen LogP contribution is 2.56. The first-order valence-corrected chi connectivity index (χ1v) is 10.6. The SMILES string of the molecule is O=C(c1cccnc1)N1CCC2(CCC2n2cc(C(=O)N3CCOCC3)nn2)CC1. The summed E-state index contributed by atoms with van der Waals surface area (Å²) in [6.45, 7) is 3.80. The van der Waals surface area contributed by atoms with E-state index in [0.717, 1.165) is 38.8 Å². The van der Waals surface area contributed by atoms with Crippen molar-refractivity contribution in [3.63, 3.8) is 0 Å². The smallest absolute Gasteiger partial charge is 0.276 e. The molecule has 2 saturated heterocycles. The van der Waals surface area contributed by atoms with Gasteiger partial charge in [0, 0.05) is 38.6 Å². The molecule has 1 spiro atoms. The Bertz CT molecular complexity index is 916. The van der Waals surface area contributed by atoms with Gasteiger partial charge in [0.1, 0.15) is 0 Å². The summed E-state index contributed by atoms with van der Waals surface area (Å²) in [6, 6.07) is 3.85. The van der Waals surface area contributed by atoms with Gasteiger partial charge in [0.05, 0.1) is 31.0 Å². The largest absolute Gasteiger partial charge is 0.378 e. The first kappa shape index (κ1) is 19.2. The van der Waals surface area contributed by atoms with E-state index in [1.54, 1.807) is 29.6 Å². The third-order valence-electron chi connectivity index (χ3n) is 6.92. The molecule has 4 heterocycles. The van der Waals surface area contributed by atoms with E-state index < -0.39 is 0 Å². The van der Waals surface area contributed by atoms with E-state index in [0.29, 0.717) is 37.6 Å². The molecule has 2 aromatic rings. The Hall–Kier alpha value is -2.81. The van der Waals surface area contributed by atoms with Gasteiger partial charge in [0.2, 0.25) is 0 Å². The van der Waals surface area contributed by atoms with Gasteiger partial charge in [-0.25, -0.2) is 4.68 Å². The lowest BCUT2D eigenvalue weighted by molar-refractivity contribution is -0.0268. The maximum atomic E-state index is 12.7. The van der Waals surface area contributed by atoms with Crippen LogP contribution in [0.4, 0.5) is 0 Å². The van der Waals surface area contributed by atoms with Gasteiger partial charge in [0.25, 0.3) is 11.8 Å². The van der Waals surface area contributed by atoms with Crippen molar-refractivity contribution in [2.75, 3.05) is 39.4 Å². The fourth-order valence-corrected chi connectivity index (χ4v) is 4.96. The molecule has 3 aliphatic rings. The highest BCUT2D eigenvalue weighted by Gasteiger charge is 2.50. The van der Waals surface area contributed by atoms with E-state index in [1.807, 2.05) is 15.6 Å². The molecule has 1 unspecified atom stereocenters. The fraction of sp³-hybridized carbons (Fsp3) is 0.571. The van der Waals surface area contributed by atoms with E-state index >= 15 is 0 Å². The van der Waals surface area contributed by atoms with Gasteiger partial charge in [-0.2, -0.15) is 0 Å². The van der Waals surface area contributed by atoms with Crippen molar-refractivity contribution in [1.29, 1.82) is 0 Å². The standard InChI is InChI=1S/C21H26N6O3/c28-19(16-2-1-7-22-14-16)25-8-5-21(6-9-25)4-3-18(21)27-15-17(23-24-27)20(29)26-10-12-30-13-11-26/h1-2,7,14-15,18H,3-6,8-13H2. The monoisotopic (exact) mass is 410 g/mol. The molecule has 158 valence electrons. The lowest BCUT2D eigenvalue weighted by Gasteiger charge is -2.53. The van der Waals surface area contributed by atoms with Crippen LogP contribution in [-0.2, 0) is 4.74 Å². The third-order valence-corrected chi connectivity index (χ3v) is 6.92. The van der Waals surface area contributed by atoms with Crippen LogP contribution in [0.15, 0.2) is 30.7 Å². The van der Waals surface area contributed by atoms with Crippen molar-refractivity contribution in [3.8, 4) is 0 Å². The minimum Gasteiger partial charge on any atom is -0.378 e. The van der Waals surface area contributed by atoms with Crippen LogP contribution in [0, 0.1) is 5.41 Å². The predicted octanol–water partition coefficient (Wildman–Crippen LogP) is 1.40. The second-order valence-corrected chi connectivity index (χ2v) is 8.44. The molecule has 2 amide bonds. The summed E-state index contributed by atoms with van der Waals surface area (Å²) in [5.41, 5.74) is 1.18. The van der Waals surface area contributed by atoms with Crippen LogP contribution < -0.4 is 0 Å². The highest BCUT2D eigenvalue weighted by molar-refractivity contribution is 5.94. The number of carbonyl (C=O) groups is 2. The number of morpholine rings is 1. The molecule has 9 nitrogen and oxygen atoms in total. The van der Waals surface area contributed by atoms with E-state index in [9.17, 15) is 9.59 Å². The van der Waals surface area contributed by atoms with Crippen LogP contribution in [0.1, 0.15) is 52.6 Å². The lowest BCUT2D eigenvalue weighted by atomic mass is 9.59. The number of pyridine rings is 1. The van der Waals surface area contributed by atoms with Crippen molar-refractivity contribution < 1.29 is 14.3 Å². The molecule has 9 heteroatoms. The second kappa shape index (κ2) is 7.79. The van der Waals surface area contributed by atoms with Crippen molar-refractivity contribution in [1.82, 2.24) is 29.8 Å². The van der Waals surface area contributed by atoms with Gasteiger partial charge in [-0.3, -0.25) is 14.6 Å². The number of hydrogen-bond donors (Lipinski definition) is 0. The molecule has 1 atom stereocenters. The van der Waals surface area contributed by atoms with Crippen molar-refractivity contribution in [3.05, 3.63) is 42.0 Å². The Morgan fingerprint density at radius 2 is 1.80 bits per heavy atom. The molecular formula is C21H26N6O3. The normalized spacial score (nSPS) is 23.3. The average Bonchev–Trinajstić information content (AvgIpc) is 3.27. The summed E-state index contributed by atoms with van der Waals surface area (Å²) >= 11 is 0. The van der Waals surface area contributed by atoms with E-state index in [-0.39, 0.29) is 23.3 Å². The van der Waals surface area contributed by atoms with Crippen LogP contribution >= 0.6 is 0 Å². The van der Waals surface area contributed by atoms with E-state index in [1.165, 1.54) is 0 Å². The summed E-state index contributed by atoms with van der Waals surface area (Å²) < 4.78 is 7.20. The lowest BCUT2D eigenvalue weighted by Crippen LogP contribution is -2.51. The molecule has 0 N–H and O–H groups in total. The number of amides is 2. The molecule has 2 aliphatic heterocycles. The minimum atomic E-state index is -0.0742. The number of rotatable bonds is 3. The zero-order valence-corrected chi connectivity index (χ0v) is 16.9. The third kappa shape index (κ3) is 3.36. The van der Waals surface area contributed by atoms with Crippen molar-refractivity contribution >= 4 is 11.8 Å². The number of ether oxygens (including phenoxy) is 1. The molecule has 0 bridgehead atoms. The van der Waals surface area contributed by atoms with Crippen LogP contribution in [0.3, 0.4) is 0 Å². The summed E-state index contributed by atoms with van der Waals surface area (Å²) in [5, 5.41) is 8.47. The van der Waals surface area contributed by atoms with Gasteiger partial charge in [0.15, 0.2) is 5.69 Å². The van der Waals surface area contributed by atoms with Gasteiger partial charge < -0.3 is 14.5 Å². The van der Waals surface area contributed by atoms with E-state index in [4.69, 9.17) is 4.74 Å². The average molecular weight is 410 g/mol. The Balaban J connectivity index is 1.23. The molecule has 5 rings (SSSR count). The Morgan fingerprint density at radius 1 is 1.03 bits per heavy atom. The molecule has 0 radical (unpaired) electrons. The van der Waals surface area contributed by atoms with Gasteiger partial charge in [-0.1, -0.05) is 5.21 Å². The van der Waals surface area contributed by atoms with Crippen LogP contribution in [0.5, 0.6) is 0 Å². The number of carbonyl (C=O) groups excluding carboxylic acids is 2. The van der Waals surface area contributed by atoms with Crippen LogP contribution in [0.25, 0.3) is 0 Å². The molecule has 3 fully saturated rings. The van der Waals surface area contributed by atoms with Gasteiger partial charge in [-0.05, 0) is 43.2 Å². The summed E-state index contributed by atoms with van der Waals surface area (Å²) in [5.74, 6) is -0.0252. The number of piperidine rings is 1. The molecule has 0 aromatic carbocycles. The zero-order chi connectivity index (χ0) is 20.6. The highest BCUT2D eigenvalue weighted by atomic mass is 16.5. The zero-order valence-electron chi connectivity index (χ0n) is 16.9. The summed E-state index contributed by atoms with van der Waals surface area (Å²) in [7, 11) is 0. The first-order valence-electron chi connectivity index (χ1n) is 10.6. The molecule has 1 saturated carbocycles. The topological polar surface area (TPSA) is 93.5 Å². The van der Waals surface area contributed by atoms with E-state index in [2.05, 4.69) is 15.3 Å². The summed E-state index contributed by atoms with van der Waals surface area (Å²) in [4.78, 5) is 33.1. The number of hydrogen-bond acceptors (Lipinski definition) is 6. The summed E-state index contributed by atoms with van der Waals surface area (Å²) in [6.07, 6.45) is 9.14. The van der Waals surface area contributed by atoms with Crippen molar-refractivity contribution in [2.45, 2.75) is 31.7 Å². The maximum Gasteiger partial charge on any atom is 0.276 e. The molecule has 2 aromatic heterocycles. The molecule has 1 aliphatic carbocycles. The second-order valence-electron chi connectivity index (χ2n) is 8.44. The number of likely N-dealkylation sites (tertiary alicyclic amines) is 1. The molecular weight excluding hydrogens is 384 g/mol. The fourth-order valence-electron chi connectivity index (χ4n) is 4.96. The predicted molar refractivity (Wildman–Crippen MR) is 107 cm³/mol. The van der Waals surface area contributed by atoms with Crippen LogP contribution in [0.2, 0.25) is 0 Å². The van der Waals surface area contributed by atoms with Crippen LogP contribution in [-0.4, -0.2) is 81.0 Å². The Kier molecular flexibility index (Phi) is 4.98. The number of nitrogens with zero attached hydrogens (tertiary/aromatic N) is 6. The quantitative estimate of drug-likeness (QED) is 0.759.